The fraction of sp³-hybridized carbons (Fsp3) is 0.333. The quantitative estimate of drug-likeness (QED) is 0.711. The normalized spacial score (nSPS) is 12.1. The first-order valence-electron chi connectivity index (χ1n) is 3.79. The Morgan fingerprint density at radius 2 is 2.50 bits per heavy atom. The topological polar surface area (TPSA) is 62.7 Å². The molecule has 1 aromatic rings. The number of nitrogens with zero attached hydrogens (tertiary/aromatic N) is 2. The van der Waals surface area contributed by atoms with Crippen molar-refractivity contribution in [2.24, 2.45) is 5.73 Å². The largest absolute Gasteiger partial charge is 0.323 e. The zero-order valence-corrected chi connectivity index (χ0v) is 6.99. The molecule has 0 spiro atoms. The molecular formula is C9H11N3. The Morgan fingerprint density at radius 1 is 1.75 bits per heavy atom. The predicted octanol–water partition coefficient (Wildman–Crippen LogP) is 1.30. The van der Waals surface area contributed by atoms with Crippen molar-refractivity contribution in [3.8, 4) is 6.07 Å². The molecule has 2 N–H and O–H groups in total. The highest BCUT2D eigenvalue weighted by Crippen LogP contribution is 2.15. The minimum Gasteiger partial charge on any atom is -0.323 e. The van der Waals surface area contributed by atoms with Crippen molar-refractivity contribution in [3.05, 3.63) is 29.6 Å². The van der Waals surface area contributed by atoms with Gasteiger partial charge in [-0.1, -0.05) is 6.07 Å². The molecule has 12 heavy (non-hydrogen) atoms. The van der Waals surface area contributed by atoms with Crippen molar-refractivity contribution in [2.75, 3.05) is 0 Å². The van der Waals surface area contributed by atoms with Gasteiger partial charge >= 0.3 is 0 Å². The van der Waals surface area contributed by atoms with Crippen LogP contribution in [0.1, 0.15) is 23.7 Å². The summed E-state index contributed by atoms with van der Waals surface area (Å²) in [6.07, 6.45) is 2.06. The van der Waals surface area contributed by atoms with E-state index in [4.69, 9.17) is 11.0 Å². The Morgan fingerprint density at radius 3 is 3.08 bits per heavy atom. The zero-order valence-electron chi connectivity index (χ0n) is 6.99. The van der Waals surface area contributed by atoms with E-state index in [1.807, 2.05) is 25.1 Å². The van der Waals surface area contributed by atoms with Crippen molar-refractivity contribution in [3.63, 3.8) is 0 Å². The van der Waals surface area contributed by atoms with Crippen molar-refractivity contribution in [1.29, 1.82) is 5.26 Å². The molecule has 0 fully saturated rings. The van der Waals surface area contributed by atoms with Crippen LogP contribution in [0, 0.1) is 18.3 Å². The maximum absolute atomic E-state index is 8.44. The molecule has 0 bridgehead atoms. The third-order valence-electron chi connectivity index (χ3n) is 1.76. The predicted molar refractivity (Wildman–Crippen MR) is 46.1 cm³/mol. The van der Waals surface area contributed by atoms with E-state index < -0.39 is 0 Å². The van der Waals surface area contributed by atoms with Crippen LogP contribution in [0.4, 0.5) is 0 Å². The summed E-state index contributed by atoms with van der Waals surface area (Å²) in [7, 11) is 0. The van der Waals surface area contributed by atoms with Crippen LogP contribution in [0.3, 0.4) is 0 Å². The first-order chi connectivity index (χ1) is 5.75. The molecule has 0 aromatic carbocycles. The highest BCUT2D eigenvalue weighted by molar-refractivity contribution is 5.22. The second-order valence-corrected chi connectivity index (χ2v) is 2.65. The van der Waals surface area contributed by atoms with Gasteiger partial charge in [0.15, 0.2) is 0 Å². The van der Waals surface area contributed by atoms with E-state index >= 15 is 0 Å². The van der Waals surface area contributed by atoms with Gasteiger partial charge in [0, 0.05) is 17.9 Å². The lowest BCUT2D eigenvalue weighted by atomic mass is 10.0. The van der Waals surface area contributed by atoms with Gasteiger partial charge in [-0.3, -0.25) is 4.98 Å². The van der Waals surface area contributed by atoms with Crippen LogP contribution in [0.25, 0.3) is 0 Å². The molecule has 0 saturated carbocycles. The minimum atomic E-state index is -0.205. The third-order valence-corrected chi connectivity index (χ3v) is 1.76. The Bertz CT molecular complexity index is 301. The van der Waals surface area contributed by atoms with E-state index in [2.05, 4.69) is 4.98 Å². The monoisotopic (exact) mass is 161 g/mol. The third kappa shape index (κ3) is 1.80. The fourth-order valence-electron chi connectivity index (χ4n) is 1.10. The number of aromatic nitrogens is 1. The van der Waals surface area contributed by atoms with Gasteiger partial charge in [0.1, 0.15) is 0 Å². The first kappa shape index (κ1) is 8.69. The maximum Gasteiger partial charge on any atom is 0.0641 e. The Balaban J connectivity index is 2.88. The Hall–Kier alpha value is -1.40. The summed E-state index contributed by atoms with van der Waals surface area (Å²) in [4.78, 5) is 4.09. The van der Waals surface area contributed by atoms with E-state index in [0.717, 1.165) is 11.3 Å². The van der Waals surface area contributed by atoms with Gasteiger partial charge in [0.25, 0.3) is 0 Å². The number of pyridine rings is 1. The van der Waals surface area contributed by atoms with Gasteiger partial charge in [-0.05, 0) is 18.6 Å². The molecule has 3 nitrogen and oxygen atoms in total. The number of hydrogen-bond acceptors (Lipinski definition) is 3. The average molecular weight is 161 g/mol. The maximum atomic E-state index is 8.44. The second-order valence-electron chi connectivity index (χ2n) is 2.65. The molecule has 1 atom stereocenters. The van der Waals surface area contributed by atoms with Gasteiger partial charge in [-0.25, -0.2) is 0 Å². The standard InChI is InChI=1S/C9H11N3/c1-7-8(3-2-6-12-7)9(11)4-5-10/h2-3,6,9H,4,11H2,1H3. The van der Waals surface area contributed by atoms with Gasteiger partial charge in [0.05, 0.1) is 12.5 Å². The number of nitriles is 1. The van der Waals surface area contributed by atoms with Crippen LogP contribution < -0.4 is 5.73 Å². The van der Waals surface area contributed by atoms with Crippen molar-refractivity contribution >= 4 is 0 Å². The Kier molecular flexibility index (Phi) is 2.78. The van der Waals surface area contributed by atoms with Crippen molar-refractivity contribution in [2.45, 2.75) is 19.4 Å². The van der Waals surface area contributed by atoms with Gasteiger partial charge in [-0.2, -0.15) is 5.26 Å². The molecule has 0 saturated heterocycles. The summed E-state index contributed by atoms with van der Waals surface area (Å²) in [5, 5.41) is 8.44. The zero-order chi connectivity index (χ0) is 8.97. The van der Waals surface area contributed by atoms with Crippen LogP contribution >= 0.6 is 0 Å². The first-order valence-corrected chi connectivity index (χ1v) is 3.79. The van der Waals surface area contributed by atoms with E-state index in [1.54, 1.807) is 6.20 Å². The molecule has 1 aromatic heterocycles. The summed E-state index contributed by atoms with van der Waals surface area (Å²) < 4.78 is 0. The van der Waals surface area contributed by atoms with Crippen LogP contribution in [-0.2, 0) is 0 Å². The summed E-state index contributed by atoms with van der Waals surface area (Å²) in [5.74, 6) is 0. The molecule has 62 valence electrons. The molecule has 1 heterocycles. The van der Waals surface area contributed by atoms with Crippen LogP contribution in [0.5, 0.6) is 0 Å². The van der Waals surface area contributed by atoms with E-state index in [0.29, 0.717) is 6.42 Å². The molecule has 1 rings (SSSR count). The van der Waals surface area contributed by atoms with Gasteiger partial charge in [0.2, 0.25) is 0 Å². The number of rotatable bonds is 2. The molecule has 3 heteroatoms. The van der Waals surface area contributed by atoms with Crippen LogP contribution in [-0.4, -0.2) is 4.98 Å². The minimum absolute atomic E-state index is 0.205. The molecule has 0 radical (unpaired) electrons. The number of nitrogens with two attached hydrogens (primary N) is 1. The molecule has 0 aliphatic carbocycles. The van der Waals surface area contributed by atoms with Crippen LogP contribution in [0.15, 0.2) is 18.3 Å². The summed E-state index contributed by atoms with van der Waals surface area (Å²) >= 11 is 0. The van der Waals surface area contributed by atoms with E-state index in [-0.39, 0.29) is 6.04 Å². The number of hydrogen-bond donors (Lipinski definition) is 1. The fourth-order valence-corrected chi connectivity index (χ4v) is 1.10. The Labute approximate surface area is 71.8 Å². The SMILES string of the molecule is Cc1ncccc1C(N)CC#N. The van der Waals surface area contributed by atoms with E-state index in [9.17, 15) is 0 Å². The van der Waals surface area contributed by atoms with Gasteiger partial charge in [-0.15, -0.1) is 0 Å². The van der Waals surface area contributed by atoms with Crippen LogP contribution in [0.2, 0.25) is 0 Å². The van der Waals surface area contributed by atoms with E-state index in [1.165, 1.54) is 0 Å². The highest BCUT2D eigenvalue weighted by Gasteiger charge is 2.07. The lowest BCUT2D eigenvalue weighted by molar-refractivity contribution is 0.735. The number of aryl methyl sites for hydroxylation is 1. The smallest absolute Gasteiger partial charge is 0.0641 e. The molecular weight excluding hydrogens is 150 g/mol. The second kappa shape index (κ2) is 3.84. The summed E-state index contributed by atoms with van der Waals surface area (Å²) in [6, 6.07) is 5.58. The molecule has 0 amide bonds. The lowest BCUT2D eigenvalue weighted by Crippen LogP contribution is -2.11. The van der Waals surface area contributed by atoms with Crippen molar-refractivity contribution < 1.29 is 0 Å². The average Bonchev–Trinajstić information content (AvgIpc) is 2.05. The lowest BCUT2D eigenvalue weighted by Gasteiger charge is -2.09. The molecule has 1 unspecified atom stereocenters. The summed E-state index contributed by atoms with van der Waals surface area (Å²) in [6.45, 7) is 1.90. The summed E-state index contributed by atoms with van der Waals surface area (Å²) in [5.41, 5.74) is 7.60. The molecule has 0 aliphatic rings. The van der Waals surface area contributed by atoms with Crippen molar-refractivity contribution in [1.82, 2.24) is 4.98 Å². The molecule has 0 aliphatic heterocycles. The van der Waals surface area contributed by atoms with Gasteiger partial charge < -0.3 is 5.73 Å². The highest BCUT2D eigenvalue weighted by atomic mass is 14.7.